The van der Waals surface area contributed by atoms with Crippen LogP contribution in [0.25, 0.3) is 0 Å². The highest BCUT2D eigenvalue weighted by atomic mass is 19.1. The van der Waals surface area contributed by atoms with Crippen molar-refractivity contribution in [3.8, 4) is 6.07 Å². The molecule has 1 unspecified atom stereocenters. The smallest absolute Gasteiger partial charge is 0.254 e. The number of aliphatic imine (C=N–C) groups is 1. The van der Waals surface area contributed by atoms with E-state index in [0.717, 1.165) is 6.07 Å². The van der Waals surface area contributed by atoms with Crippen LogP contribution in [0.3, 0.4) is 0 Å². The molecule has 0 fully saturated rings. The Morgan fingerprint density at radius 1 is 1.33 bits per heavy atom. The monoisotopic (exact) mass is 447 g/mol. The van der Waals surface area contributed by atoms with Gasteiger partial charge in [0, 0.05) is 37.3 Å². The molecule has 1 aliphatic rings. The molecular weight excluding hydrogens is 421 g/mol. The lowest BCUT2D eigenvalue weighted by molar-refractivity contribution is -0.119. The summed E-state index contributed by atoms with van der Waals surface area (Å²) in [5, 5.41) is 19.9. The molecule has 7 nitrogen and oxygen atoms in total. The van der Waals surface area contributed by atoms with E-state index in [0.29, 0.717) is 17.7 Å². The number of carbonyl (C=O) groups is 2. The number of benzene rings is 2. The molecule has 1 heterocycles. The molecule has 0 spiro atoms. The fourth-order valence-corrected chi connectivity index (χ4v) is 4.25. The maximum absolute atomic E-state index is 13.8. The van der Waals surface area contributed by atoms with Crippen LogP contribution < -0.4 is 5.32 Å². The van der Waals surface area contributed by atoms with Crippen molar-refractivity contribution in [2.75, 3.05) is 18.9 Å². The highest BCUT2D eigenvalue weighted by Gasteiger charge is 2.46. The molecule has 1 aliphatic heterocycles. The molecule has 2 aromatic rings. The van der Waals surface area contributed by atoms with E-state index in [1.54, 1.807) is 48.5 Å². The Morgan fingerprint density at radius 3 is 2.70 bits per heavy atom. The predicted molar refractivity (Wildman–Crippen MR) is 125 cm³/mol. The topological polar surface area (TPSA) is 109 Å². The molecule has 0 radical (unpaired) electrons. The van der Waals surface area contributed by atoms with Crippen LogP contribution in [0.4, 0.5) is 10.1 Å². The van der Waals surface area contributed by atoms with E-state index in [4.69, 9.17) is 10.7 Å². The molecule has 0 aliphatic carbocycles. The summed E-state index contributed by atoms with van der Waals surface area (Å²) in [6, 6.07) is 11.8. The van der Waals surface area contributed by atoms with E-state index >= 15 is 0 Å². The quantitative estimate of drug-likeness (QED) is 0.629. The van der Waals surface area contributed by atoms with Crippen LogP contribution in [0.15, 0.2) is 47.5 Å². The summed E-state index contributed by atoms with van der Waals surface area (Å²) >= 11 is 0. The molecule has 0 saturated carbocycles. The molecule has 170 valence electrons. The number of anilines is 1. The Labute approximate surface area is 192 Å². The van der Waals surface area contributed by atoms with Crippen molar-refractivity contribution in [3.05, 3.63) is 65.0 Å². The number of fused-ring (bicyclic) bond motifs is 1. The van der Waals surface area contributed by atoms with Crippen molar-refractivity contribution in [2.45, 2.75) is 25.8 Å². The highest BCUT2D eigenvalue weighted by molar-refractivity contribution is 6.05. The minimum absolute atomic E-state index is 0.130. The molecule has 33 heavy (non-hydrogen) atoms. The summed E-state index contributed by atoms with van der Waals surface area (Å²) in [6.07, 6.45) is 2.76. The van der Waals surface area contributed by atoms with Crippen LogP contribution in [0.5, 0.6) is 0 Å². The van der Waals surface area contributed by atoms with Crippen molar-refractivity contribution in [1.29, 1.82) is 10.7 Å². The fraction of sp³-hybridized carbons (Fsp3) is 0.320. The van der Waals surface area contributed by atoms with E-state index in [9.17, 15) is 14.0 Å². The third-order valence-corrected chi connectivity index (χ3v) is 5.60. The van der Waals surface area contributed by atoms with Crippen LogP contribution in [-0.2, 0) is 4.79 Å². The fourth-order valence-electron chi connectivity index (χ4n) is 4.25. The maximum atomic E-state index is 13.8. The van der Waals surface area contributed by atoms with E-state index < -0.39 is 29.6 Å². The second-order valence-electron chi connectivity index (χ2n) is 8.35. The zero-order valence-electron chi connectivity index (χ0n) is 18.7. The lowest BCUT2D eigenvalue weighted by atomic mass is 9.76. The van der Waals surface area contributed by atoms with Gasteiger partial charge in [-0.3, -0.25) is 9.59 Å². The van der Waals surface area contributed by atoms with Gasteiger partial charge in [0.15, 0.2) is 0 Å². The van der Waals surface area contributed by atoms with Crippen molar-refractivity contribution in [2.24, 2.45) is 16.8 Å². The van der Waals surface area contributed by atoms with Crippen LogP contribution in [0, 0.1) is 34.4 Å². The average Bonchev–Trinajstić information content (AvgIpc) is 2.80. The van der Waals surface area contributed by atoms with Gasteiger partial charge in [-0.25, -0.2) is 4.39 Å². The first-order valence-electron chi connectivity index (χ1n) is 10.7. The number of nitrogens with zero attached hydrogens (tertiary/aromatic N) is 3. The minimum atomic E-state index is -0.808. The highest BCUT2D eigenvalue weighted by Crippen LogP contribution is 2.37. The molecule has 2 amide bonds. The molecule has 2 aromatic carbocycles. The Bertz CT molecular complexity index is 1140. The van der Waals surface area contributed by atoms with Gasteiger partial charge in [0.1, 0.15) is 11.9 Å². The third kappa shape index (κ3) is 4.82. The van der Waals surface area contributed by atoms with Crippen LogP contribution in [-0.4, -0.2) is 48.8 Å². The molecular formula is C25H26FN5O2. The van der Waals surface area contributed by atoms with Gasteiger partial charge in [-0.2, -0.15) is 5.26 Å². The van der Waals surface area contributed by atoms with Crippen molar-refractivity contribution in [1.82, 2.24) is 4.90 Å². The van der Waals surface area contributed by atoms with Gasteiger partial charge in [-0.15, -0.1) is 0 Å². The van der Waals surface area contributed by atoms with Gasteiger partial charge in [-0.05, 0) is 35.7 Å². The number of carbonyl (C=O) groups excluding carboxylic acids is 2. The first-order valence-corrected chi connectivity index (χ1v) is 10.7. The molecule has 0 aromatic heterocycles. The second kappa shape index (κ2) is 10.2. The number of rotatable bonds is 7. The zero-order chi connectivity index (χ0) is 24.1. The van der Waals surface area contributed by atoms with E-state index in [2.05, 4.69) is 10.3 Å². The van der Waals surface area contributed by atoms with Crippen LogP contribution in [0.2, 0.25) is 0 Å². The summed E-state index contributed by atoms with van der Waals surface area (Å²) in [5.41, 5.74) is 1.09. The molecule has 8 heteroatoms. The summed E-state index contributed by atoms with van der Waals surface area (Å²) in [7, 11) is 1.58. The summed E-state index contributed by atoms with van der Waals surface area (Å²) < 4.78 is 13.8. The normalized spacial score (nSPS) is 18.7. The second-order valence-corrected chi connectivity index (χ2v) is 8.35. The lowest BCUT2D eigenvalue weighted by Crippen LogP contribution is -2.56. The van der Waals surface area contributed by atoms with Gasteiger partial charge >= 0.3 is 0 Å². The maximum Gasteiger partial charge on any atom is 0.254 e. The lowest BCUT2D eigenvalue weighted by Gasteiger charge is -2.44. The molecule has 3 atom stereocenters. The van der Waals surface area contributed by atoms with Gasteiger partial charge < -0.3 is 20.6 Å². The summed E-state index contributed by atoms with van der Waals surface area (Å²) in [5.74, 6) is -2.56. The molecule has 3 rings (SSSR count). The summed E-state index contributed by atoms with van der Waals surface area (Å²) in [6.45, 7) is 4.36. The van der Waals surface area contributed by atoms with Crippen molar-refractivity contribution < 1.29 is 14.0 Å². The first kappa shape index (κ1) is 23.8. The molecule has 0 bridgehead atoms. The Balaban J connectivity index is 2.13. The minimum Gasteiger partial charge on any atom is -0.333 e. The molecule has 2 N–H and O–H groups in total. The Hall–Kier alpha value is -3.86. The van der Waals surface area contributed by atoms with Gasteiger partial charge in [-0.1, -0.05) is 32.0 Å². The third-order valence-electron chi connectivity index (χ3n) is 5.60. The zero-order valence-corrected chi connectivity index (χ0v) is 18.7. The van der Waals surface area contributed by atoms with Crippen LogP contribution in [0.1, 0.15) is 41.3 Å². The van der Waals surface area contributed by atoms with Gasteiger partial charge in [0.05, 0.1) is 23.4 Å². The standard InChI is InChI=1S/C25H26FN5O2/c1-15(2)14-31-23(17(12-28)13-29-3)22(19-6-4-5-7-20(19)25(31)33)24(32)30-18-8-9-21(26)16(10-18)11-27/h4-10,12-13,15,17,22-23,28H,14H2,1-3H3,(H,30,32)/t17?,22-,23+/m0/s1. The predicted octanol–water partition coefficient (Wildman–Crippen LogP) is 3.87. The van der Waals surface area contributed by atoms with Crippen molar-refractivity contribution >= 4 is 29.9 Å². The van der Waals surface area contributed by atoms with Crippen LogP contribution >= 0.6 is 0 Å². The number of halogens is 1. The Morgan fingerprint density at radius 2 is 2.06 bits per heavy atom. The first-order chi connectivity index (χ1) is 15.8. The number of nitriles is 1. The summed E-state index contributed by atoms with van der Waals surface area (Å²) in [4.78, 5) is 32.8. The van der Waals surface area contributed by atoms with Crippen molar-refractivity contribution in [3.63, 3.8) is 0 Å². The number of hydrogen-bond donors (Lipinski definition) is 2. The van der Waals surface area contributed by atoms with E-state index in [1.165, 1.54) is 18.3 Å². The Kier molecular flexibility index (Phi) is 7.34. The van der Waals surface area contributed by atoms with Gasteiger partial charge in [0.2, 0.25) is 5.91 Å². The van der Waals surface area contributed by atoms with E-state index in [-0.39, 0.29) is 23.1 Å². The average molecular weight is 448 g/mol. The molecule has 0 saturated heterocycles. The van der Waals surface area contributed by atoms with Gasteiger partial charge in [0.25, 0.3) is 5.91 Å². The number of amides is 2. The number of nitrogens with one attached hydrogen (secondary N) is 2. The number of hydrogen-bond acceptors (Lipinski definition) is 5. The largest absolute Gasteiger partial charge is 0.333 e. The van der Waals surface area contributed by atoms with E-state index in [1.807, 2.05) is 13.8 Å². The SMILES string of the molecule is CN=CC(C=N)[C@@H]1[C@@H](C(=O)Nc2ccc(F)c(C#N)c2)c2ccccc2C(=O)N1CC(C)C.